The minimum Gasteiger partial charge on any atom is -0.299 e. The van der Waals surface area contributed by atoms with Crippen LogP contribution in [0, 0.1) is 0 Å². The van der Waals surface area contributed by atoms with Gasteiger partial charge in [-0.2, -0.15) is 0 Å². The summed E-state index contributed by atoms with van der Waals surface area (Å²) in [6.45, 7) is 7.70. The zero-order valence-corrected chi connectivity index (χ0v) is 12.4. The van der Waals surface area contributed by atoms with E-state index >= 15 is 0 Å². The molecule has 0 bridgehead atoms. The van der Waals surface area contributed by atoms with Crippen LogP contribution in [0.1, 0.15) is 33.3 Å². The van der Waals surface area contributed by atoms with E-state index in [2.05, 4.69) is 0 Å². The van der Waals surface area contributed by atoms with Gasteiger partial charge in [-0.15, -0.1) is 0 Å². The molecule has 3 nitrogen and oxygen atoms in total. The zero-order chi connectivity index (χ0) is 13.4. The highest BCUT2D eigenvalue weighted by molar-refractivity contribution is 7.54. The Morgan fingerprint density at radius 2 is 1.50 bits per heavy atom. The Kier molecular flexibility index (Phi) is 3.44. The molecule has 100 valence electrons. The molecule has 0 N–H and O–H groups in total. The normalized spacial score (nSPS) is 24.0. The second kappa shape index (κ2) is 4.48. The zero-order valence-electron chi connectivity index (χ0n) is 11.5. The highest BCUT2D eigenvalue weighted by Gasteiger charge is 2.54. The number of aryl methyl sites for hydroxylation is 1. The quantitative estimate of drug-likeness (QED) is 0.776. The van der Waals surface area contributed by atoms with Crippen LogP contribution in [-0.2, 0) is 20.0 Å². The summed E-state index contributed by atoms with van der Waals surface area (Å²) in [5, 5.41) is 0. The maximum Gasteiger partial charge on any atom is 0.332 e. The third-order valence-electron chi connectivity index (χ3n) is 3.70. The van der Waals surface area contributed by atoms with E-state index < -0.39 is 18.8 Å². The van der Waals surface area contributed by atoms with Crippen LogP contribution in [0.2, 0.25) is 0 Å². The van der Waals surface area contributed by atoms with Crippen LogP contribution >= 0.6 is 7.60 Å². The largest absolute Gasteiger partial charge is 0.332 e. The summed E-state index contributed by atoms with van der Waals surface area (Å²) in [5.41, 5.74) is 0.126. The van der Waals surface area contributed by atoms with Crippen LogP contribution in [0.4, 0.5) is 0 Å². The molecule has 0 unspecified atom stereocenters. The number of hydrogen-bond donors (Lipinski definition) is 0. The van der Waals surface area contributed by atoms with Crippen LogP contribution in [0.15, 0.2) is 30.3 Å². The van der Waals surface area contributed by atoms with Crippen molar-refractivity contribution in [3.63, 3.8) is 0 Å². The molecule has 1 heterocycles. The Bertz CT molecular complexity index is 445. The minimum absolute atomic E-state index is 0.434. The maximum absolute atomic E-state index is 12.6. The molecule has 0 aromatic heterocycles. The lowest BCUT2D eigenvalue weighted by atomic mass is 9.90. The van der Waals surface area contributed by atoms with Crippen molar-refractivity contribution in [3.05, 3.63) is 35.9 Å². The van der Waals surface area contributed by atoms with Crippen molar-refractivity contribution < 1.29 is 13.6 Å². The molecule has 0 radical (unpaired) electrons. The van der Waals surface area contributed by atoms with E-state index in [-0.39, 0.29) is 0 Å². The van der Waals surface area contributed by atoms with E-state index in [1.165, 1.54) is 0 Å². The SMILES string of the molecule is CC1(C)OP(=O)(CCc2ccccc2)OC1(C)C. The first kappa shape index (κ1) is 13.8. The third kappa shape index (κ3) is 2.69. The van der Waals surface area contributed by atoms with Gasteiger partial charge in [0.15, 0.2) is 0 Å². The number of benzene rings is 1. The number of rotatable bonds is 3. The fourth-order valence-corrected chi connectivity index (χ4v) is 4.52. The van der Waals surface area contributed by atoms with Crippen molar-refractivity contribution in [2.45, 2.75) is 45.3 Å². The molecule has 1 aromatic rings. The van der Waals surface area contributed by atoms with E-state index in [4.69, 9.17) is 9.05 Å². The summed E-state index contributed by atoms with van der Waals surface area (Å²) in [6.07, 6.45) is 1.15. The molecule has 0 saturated carbocycles. The summed E-state index contributed by atoms with van der Waals surface area (Å²) < 4.78 is 24.0. The lowest BCUT2D eigenvalue weighted by Gasteiger charge is -2.29. The molecule has 0 amide bonds. The molecule has 2 rings (SSSR count). The topological polar surface area (TPSA) is 35.5 Å². The summed E-state index contributed by atoms with van der Waals surface area (Å²) in [6, 6.07) is 9.99. The van der Waals surface area contributed by atoms with Gasteiger partial charge in [-0.3, -0.25) is 13.6 Å². The Hall–Kier alpha value is -0.630. The lowest BCUT2D eigenvalue weighted by molar-refractivity contribution is 0.00578. The fraction of sp³-hybridized carbons (Fsp3) is 0.571. The van der Waals surface area contributed by atoms with Crippen LogP contribution in [0.25, 0.3) is 0 Å². The first-order valence-corrected chi connectivity index (χ1v) is 8.01. The van der Waals surface area contributed by atoms with Gasteiger partial charge in [-0.25, -0.2) is 0 Å². The molecule has 0 aliphatic carbocycles. The van der Waals surface area contributed by atoms with Crippen molar-refractivity contribution in [1.29, 1.82) is 0 Å². The molecule has 1 fully saturated rings. The summed E-state index contributed by atoms with van der Waals surface area (Å²) in [4.78, 5) is 0. The minimum atomic E-state index is -2.98. The lowest BCUT2D eigenvalue weighted by Crippen LogP contribution is -2.41. The van der Waals surface area contributed by atoms with Gasteiger partial charge in [-0.1, -0.05) is 30.3 Å². The van der Waals surface area contributed by atoms with E-state index in [9.17, 15) is 4.57 Å². The molecular weight excluding hydrogens is 247 g/mol. The van der Waals surface area contributed by atoms with Crippen molar-refractivity contribution >= 4 is 7.60 Å². The van der Waals surface area contributed by atoms with Crippen molar-refractivity contribution in [1.82, 2.24) is 0 Å². The molecule has 0 atom stereocenters. The second-order valence-electron chi connectivity index (χ2n) is 5.77. The molecule has 1 saturated heterocycles. The second-order valence-corrected chi connectivity index (χ2v) is 7.81. The highest BCUT2D eigenvalue weighted by Crippen LogP contribution is 2.63. The van der Waals surface area contributed by atoms with Crippen LogP contribution in [0.5, 0.6) is 0 Å². The van der Waals surface area contributed by atoms with E-state index in [1.807, 2.05) is 58.0 Å². The van der Waals surface area contributed by atoms with Gasteiger partial charge in [0.2, 0.25) is 0 Å². The highest BCUT2D eigenvalue weighted by atomic mass is 31.2. The molecule has 0 spiro atoms. The fourth-order valence-electron chi connectivity index (χ4n) is 1.94. The van der Waals surface area contributed by atoms with Crippen LogP contribution in [0.3, 0.4) is 0 Å². The Balaban J connectivity index is 2.05. The Morgan fingerprint density at radius 1 is 1.00 bits per heavy atom. The van der Waals surface area contributed by atoms with E-state index in [1.54, 1.807) is 0 Å². The van der Waals surface area contributed by atoms with Crippen LogP contribution < -0.4 is 0 Å². The summed E-state index contributed by atoms with van der Waals surface area (Å²) >= 11 is 0. The standard InChI is InChI=1S/C14H21O3P/c1-13(2)14(3,4)17-18(15,16-13)11-10-12-8-6-5-7-9-12/h5-9H,10-11H2,1-4H3. The molecule has 1 aliphatic rings. The van der Waals surface area contributed by atoms with Gasteiger partial charge in [0, 0.05) is 0 Å². The van der Waals surface area contributed by atoms with Gasteiger partial charge in [0.05, 0.1) is 6.16 Å². The number of hydrogen-bond acceptors (Lipinski definition) is 3. The predicted molar refractivity (Wildman–Crippen MR) is 72.9 cm³/mol. The monoisotopic (exact) mass is 268 g/mol. The average molecular weight is 268 g/mol. The smallest absolute Gasteiger partial charge is 0.299 e. The molecule has 1 aromatic carbocycles. The van der Waals surface area contributed by atoms with Crippen molar-refractivity contribution in [3.8, 4) is 0 Å². The molecular formula is C14H21O3P. The van der Waals surface area contributed by atoms with Crippen molar-refractivity contribution in [2.24, 2.45) is 0 Å². The first-order valence-electron chi connectivity index (χ1n) is 6.29. The average Bonchev–Trinajstić information content (AvgIpc) is 2.42. The first-order chi connectivity index (χ1) is 8.24. The van der Waals surface area contributed by atoms with Crippen LogP contribution in [-0.4, -0.2) is 17.4 Å². The van der Waals surface area contributed by atoms with Gasteiger partial charge < -0.3 is 0 Å². The van der Waals surface area contributed by atoms with Gasteiger partial charge in [0.1, 0.15) is 11.2 Å². The Labute approximate surface area is 109 Å². The summed E-state index contributed by atoms with van der Waals surface area (Å²) in [5.74, 6) is 0. The van der Waals surface area contributed by atoms with Crippen molar-refractivity contribution in [2.75, 3.05) is 6.16 Å². The van der Waals surface area contributed by atoms with E-state index in [0.717, 1.165) is 5.56 Å². The van der Waals surface area contributed by atoms with Gasteiger partial charge in [-0.05, 0) is 39.7 Å². The van der Waals surface area contributed by atoms with Gasteiger partial charge >= 0.3 is 7.60 Å². The molecule has 18 heavy (non-hydrogen) atoms. The summed E-state index contributed by atoms with van der Waals surface area (Å²) in [7, 11) is -2.98. The Morgan fingerprint density at radius 3 is 2.00 bits per heavy atom. The molecule has 1 aliphatic heterocycles. The predicted octanol–water partition coefficient (Wildman–Crippen LogP) is 4.03. The van der Waals surface area contributed by atoms with E-state index in [0.29, 0.717) is 12.6 Å². The molecule has 4 heteroatoms. The maximum atomic E-state index is 12.6. The third-order valence-corrected chi connectivity index (χ3v) is 5.94. The van der Waals surface area contributed by atoms with Gasteiger partial charge in [0.25, 0.3) is 0 Å².